The van der Waals surface area contributed by atoms with Gasteiger partial charge >= 0.3 is 0 Å². The average molecular weight is 278 g/mol. The molecule has 0 aliphatic carbocycles. The van der Waals surface area contributed by atoms with E-state index in [1.54, 1.807) is 11.8 Å². The van der Waals surface area contributed by atoms with E-state index >= 15 is 0 Å². The third kappa shape index (κ3) is 4.94. The van der Waals surface area contributed by atoms with Crippen LogP contribution in [0.25, 0.3) is 0 Å². The van der Waals surface area contributed by atoms with Crippen molar-refractivity contribution in [3.05, 3.63) is 30.3 Å². The highest BCUT2D eigenvalue weighted by atomic mass is 16.3. The van der Waals surface area contributed by atoms with Crippen LogP contribution in [-0.4, -0.2) is 47.7 Å². The lowest BCUT2D eigenvalue weighted by atomic mass is 10.2. The molecule has 1 aromatic carbocycles. The molecule has 20 heavy (non-hydrogen) atoms. The van der Waals surface area contributed by atoms with Crippen molar-refractivity contribution in [2.45, 2.75) is 39.8 Å². The predicted molar refractivity (Wildman–Crippen MR) is 82.9 cm³/mol. The van der Waals surface area contributed by atoms with Crippen LogP contribution in [0.15, 0.2) is 30.3 Å². The summed E-state index contributed by atoms with van der Waals surface area (Å²) in [6, 6.07) is 9.91. The number of para-hydroxylation sites is 1. The standard InChI is InChI=1S/C16H26N2O2/c1-5-18(15-9-7-6-8-10-15)16(20)12-17(13(2)3)11-14(4)19/h6-10,13-14,19H,5,11-12H2,1-4H3. The van der Waals surface area contributed by atoms with E-state index in [0.29, 0.717) is 19.6 Å². The van der Waals surface area contributed by atoms with Crippen LogP contribution < -0.4 is 4.90 Å². The summed E-state index contributed by atoms with van der Waals surface area (Å²) in [4.78, 5) is 16.2. The summed E-state index contributed by atoms with van der Waals surface area (Å²) in [5.74, 6) is 0.0630. The molecule has 1 N–H and O–H groups in total. The number of hydrogen-bond acceptors (Lipinski definition) is 3. The number of carbonyl (C=O) groups is 1. The maximum Gasteiger partial charge on any atom is 0.241 e. The van der Waals surface area contributed by atoms with Crippen LogP contribution >= 0.6 is 0 Å². The molecule has 0 bridgehead atoms. The Bertz CT molecular complexity index is 404. The number of amides is 1. The first-order valence-corrected chi connectivity index (χ1v) is 7.23. The van der Waals surface area contributed by atoms with Gasteiger partial charge in [0, 0.05) is 24.8 Å². The van der Waals surface area contributed by atoms with Gasteiger partial charge < -0.3 is 10.0 Å². The van der Waals surface area contributed by atoms with Crippen molar-refractivity contribution in [1.29, 1.82) is 0 Å². The quantitative estimate of drug-likeness (QED) is 0.831. The topological polar surface area (TPSA) is 43.8 Å². The Morgan fingerprint density at radius 2 is 1.80 bits per heavy atom. The summed E-state index contributed by atoms with van der Waals surface area (Å²) in [6.45, 7) is 9.27. The summed E-state index contributed by atoms with van der Waals surface area (Å²) in [5.41, 5.74) is 0.917. The van der Waals surface area contributed by atoms with Crippen LogP contribution in [-0.2, 0) is 4.79 Å². The molecule has 112 valence electrons. The molecule has 1 rings (SSSR count). The van der Waals surface area contributed by atoms with E-state index in [2.05, 4.69) is 0 Å². The first-order valence-electron chi connectivity index (χ1n) is 7.23. The van der Waals surface area contributed by atoms with Crippen molar-refractivity contribution in [1.82, 2.24) is 4.90 Å². The number of carbonyl (C=O) groups excluding carboxylic acids is 1. The van der Waals surface area contributed by atoms with Gasteiger partial charge in [-0.05, 0) is 39.8 Å². The number of likely N-dealkylation sites (N-methyl/N-ethyl adjacent to an activating group) is 1. The molecule has 0 aromatic heterocycles. The zero-order chi connectivity index (χ0) is 15.1. The highest BCUT2D eigenvalue weighted by Crippen LogP contribution is 2.14. The van der Waals surface area contributed by atoms with E-state index in [-0.39, 0.29) is 11.9 Å². The largest absolute Gasteiger partial charge is 0.392 e. The van der Waals surface area contributed by atoms with Crippen molar-refractivity contribution in [3.8, 4) is 0 Å². The molecule has 1 amide bonds. The van der Waals surface area contributed by atoms with E-state index < -0.39 is 6.10 Å². The Morgan fingerprint density at radius 3 is 2.25 bits per heavy atom. The van der Waals surface area contributed by atoms with Gasteiger partial charge in [0.2, 0.25) is 5.91 Å². The van der Waals surface area contributed by atoms with E-state index in [0.717, 1.165) is 5.69 Å². The van der Waals surface area contributed by atoms with Crippen LogP contribution in [0.5, 0.6) is 0 Å². The fourth-order valence-electron chi connectivity index (χ4n) is 2.17. The van der Waals surface area contributed by atoms with Crippen LogP contribution in [0.1, 0.15) is 27.7 Å². The number of aliphatic hydroxyl groups is 1. The maximum absolute atomic E-state index is 12.5. The highest BCUT2D eigenvalue weighted by Gasteiger charge is 2.20. The molecule has 0 saturated heterocycles. The minimum absolute atomic E-state index is 0.0630. The average Bonchev–Trinajstić information content (AvgIpc) is 2.39. The summed E-state index contributed by atoms with van der Waals surface area (Å²) in [7, 11) is 0. The second-order valence-electron chi connectivity index (χ2n) is 5.35. The molecule has 1 atom stereocenters. The van der Waals surface area contributed by atoms with Crippen molar-refractivity contribution >= 4 is 11.6 Å². The monoisotopic (exact) mass is 278 g/mol. The molecule has 1 unspecified atom stereocenters. The molecular formula is C16H26N2O2. The molecule has 0 aliphatic heterocycles. The molecule has 1 aromatic rings. The van der Waals surface area contributed by atoms with Gasteiger partial charge in [0.15, 0.2) is 0 Å². The SMILES string of the molecule is CCN(C(=O)CN(CC(C)O)C(C)C)c1ccccc1. The Balaban J connectivity index is 2.76. The highest BCUT2D eigenvalue weighted by molar-refractivity contribution is 5.94. The Labute approximate surface area is 122 Å². The third-order valence-corrected chi connectivity index (χ3v) is 3.25. The predicted octanol–water partition coefficient (Wildman–Crippen LogP) is 2.13. The van der Waals surface area contributed by atoms with Crippen molar-refractivity contribution in [3.63, 3.8) is 0 Å². The van der Waals surface area contributed by atoms with Crippen LogP contribution in [0.4, 0.5) is 5.69 Å². The molecule has 0 radical (unpaired) electrons. The normalized spacial score (nSPS) is 12.8. The van der Waals surface area contributed by atoms with Gasteiger partial charge in [-0.15, -0.1) is 0 Å². The summed E-state index contributed by atoms with van der Waals surface area (Å²) >= 11 is 0. The second-order valence-corrected chi connectivity index (χ2v) is 5.35. The van der Waals surface area contributed by atoms with Crippen LogP contribution in [0.2, 0.25) is 0 Å². The number of benzene rings is 1. The van der Waals surface area contributed by atoms with E-state index in [1.807, 2.05) is 56.0 Å². The maximum atomic E-state index is 12.5. The lowest BCUT2D eigenvalue weighted by Crippen LogP contribution is -2.45. The van der Waals surface area contributed by atoms with E-state index in [1.165, 1.54) is 0 Å². The smallest absolute Gasteiger partial charge is 0.241 e. The Hall–Kier alpha value is -1.39. The second kappa shape index (κ2) is 8.02. The number of hydrogen-bond donors (Lipinski definition) is 1. The zero-order valence-corrected chi connectivity index (χ0v) is 12.9. The minimum Gasteiger partial charge on any atom is -0.392 e. The van der Waals surface area contributed by atoms with Crippen LogP contribution in [0.3, 0.4) is 0 Å². The van der Waals surface area contributed by atoms with Gasteiger partial charge in [0.1, 0.15) is 0 Å². The molecule has 0 aliphatic rings. The molecule has 4 nitrogen and oxygen atoms in total. The van der Waals surface area contributed by atoms with E-state index in [4.69, 9.17) is 0 Å². The van der Waals surface area contributed by atoms with Crippen LogP contribution in [0, 0.1) is 0 Å². The van der Waals surface area contributed by atoms with Gasteiger partial charge in [0.25, 0.3) is 0 Å². The van der Waals surface area contributed by atoms with Gasteiger partial charge in [-0.1, -0.05) is 18.2 Å². The lowest BCUT2D eigenvalue weighted by Gasteiger charge is -2.30. The van der Waals surface area contributed by atoms with Gasteiger partial charge in [0.05, 0.1) is 12.6 Å². The van der Waals surface area contributed by atoms with Gasteiger partial charge in [-0.2, -0.15) is 0 Å². The number of nitrogens with zero attached hydrogens (tertiary/aromatic N) is 2. The minimum atomic E-state index is -0.433. The van der Waals surface area contributed by atoms with E-state index in [9.17, 15) is 9.90 Å². The fourth-order valence-corrected chi connectivity index (χ4v) is 2.17. The molecular weight excluding hydrogens is 252 g/mol. The molecule has 0 heterocycles. The third-order valence-electron chi connectivity index (χ3n) is 3.25. The first-order chi connectivity index (χ1) is 9.45. The van der Waals surface area contributed by atoms with Gasteiger partial charge in [-0.3, -0.25) is 9.69 Å². The fraction of sp³-hybridized carbons (Fsp3) is 0.562. The summed E-state index contributed by atoms with van der Waals surface area (Å²) in [6.07, 6.45) is -0.433. The number of anilines is 1. The molecule has 0 fully saturated rings. The van der Waals surface area contributed by atoms with Gasteiger partial charge in [-0.25, -0.2) is 0 Å². The zero-order valence-electron chi connectivity index (χ0n) is 12.9. The van der Waals surface area contributed by atoms with Crippen molar-refractivity contribution in [2.75, 3.05) is 24.5 Å². The molecule has 0 spiro atoms. The summed E-state index contributed by atoms with van der Waals surface area (Å²) in [5, 5.41) is 9.53. The molecule has 0 saturated carbocycles. The number of rotatable bonds is 7. The Morgan fingerprint density at radius 1 is 1.20 bits per heavy atom. The van der Waals surface area contributed by atoms with Crippen molar-refractivity contribution in [2.24, 2.45) is 0 Å². The lowest BCUT2D eigenvalue weighted by molar-refractivity contribution is -0.120. The number of aliphatic hydroxyl groups excluding tert-OH is 1. The first kappa shape index (κ1) is 16.7. The summed E-state index contributed by atoms with van der Waals surface area (Å²) < 4.78 is 0. The van der Waals surface area contributed by atoms with Crippen molar-refractivity contribution < 1.29 is 9.90 Å². The Kier molecular flexibility index (Phi) is 6.68. The molecule has 4 heteroatoms.